The lowest BCUT2D eigenvalue weighted by atomic mass is 9.84. The molecule has 0 spiro atoms. The third-order valence-corrected chi connectivity index (χ3v) is 8.74. The number of piperidine rings is 2. The zero-order valence-corrected chi connectivity index (χ0v) is 22.7. The number of allylic oxidation sites excluding steroid dienone is 1. The van der Waals surface area contributed by atoms with Crippen molar-refractivity contribution < 1.29 is 14.3 Å². The van der Waals surface area contributed by atoms with Gasteiger partial charge in [-0.2, -0.15) is 0 Å². The highest BCUT2D eigenvalue weighted by molar-refractivity contribution is 5.82. The summed E-state index contributed by atoms with van der Waals surface area (Å²) >= 11 is 0. The second-order valence-electron chi connectivity index (χ2n) is 11.2. The molecule has 7 heteroatoms. The van der Waals surface area contributed by atoms with Crippen molar-refractivity contribution in [2.24, 2.45) is 16.8 Å². The number of nitrogens with zero attached hydrogens (tertiary/aromatic N) is 4. The Morgan fingerprint density at radius 2 is 1.70 bits per heavy atom. The minimum atomic E-state index is 0.0443. The molecule has 202 valence electrons. The number of carbonyl (C=O) groups is 1. The zero-order valence-electron chi connectivity index (χ0n) is 22.7. The summed E-state index contributed by atoms with van der Waals surface area (Å²) in [5, 5.41) is 0. The Kier molecular flexibility index (Phi) is 8.50. The molecule has 3 heterocycles. The average Bonchev–Trinajstić information content (AvgIpc) is 3.81. The molecule has 0 N–H and O–H groups in total. The number of amides is 2. The molecule has 3 aliphatic heterocycles. The lowest BCUT2D eigenvalue weighted by Gasteiger charge is -2.41. The van der Waals surface area contributed by atoms with Crippen LogP contribution in [-0.2, 0) is 15.9 Å². The van der Waals surface area contributed by atoms with Gasteiger partial charge < -0.3 is 24.2 Å². The molecule has 7 nitrogen and oxygen atoms in total. The van der Waals surface area contributed by atoms with E-state index < -0.39 is 0 Å². The number of aryl methyl sites for hydroxylation is 1. The van der Waals surface area contributed by atoms with Crippen LogP contribution in [0.4, 0.5) is 4.79 Å². The van der Waals surface area contributed by atoms with Gasteiger partial charge in [0.2, 0.25) is 0 Å². The number of methoxy groups -OCH3 is 1. The van der Waals surface area contributed by atoms with Crippen molar-refractivity contribution >= 4 is 11.9 Å². The second kappa shape index (κ2) is 12.0. The first kappa shape index (κ1) is 26.2. The van der Waals surface area contributed by atoms with E-state index in [1.807, 2.05) is 9.80 Å². The van der Waals surface area contributed by atoms with Gasteiger partial charge in [-0.15, -0.1) is 0 Å². The van der Waals surface area contributed by atoms with E-state index in [1.165, 1.54) is 24.0 Å². The first-order valence-corrected chi connectivity index (χ1v) is 14.3. The number of benzene rings is 1. The van der Waals surface area contributed by atoms with E-state index in [0.717, 1.165) is 63.0 Å². The zero-order chi connectivity index (χ0) is 25.8. The number of likely N-dealkylation sites (tertiary alicyclic amines) is 2. The van der Waals surface area contributed by atoms with Crippen LogP contribution in [0.25, 0.3) is 0 Å². The molecule has 2 unspecified atom stereocenters. The number of urea groups is 1. The highest BCUT2D eigenvalue weighted by atomic mass is 16.5. The Balaban J connectivity index is 1.32. The van der Waals surface area contributed by atoms with Gasteiger partial charge in [0.25, 0.3) is 0 Å². The second-order valence-corrected chi connectivity index (χ2v) is 11.2. The fourth-order valence-corrected chi connectivity index (χ4v) is 6.23. The maximum atomic E-state index is 13.5. The Bertz CT molecular complexity index is 960. The minimum absolute atomic E-state index is 0.0443. The molecule has 3 saturated heterocycles. The summed E-state index contributed by atoms with van der Waals surface area (Å²) in [5.74, 6) is 1.42. The molecule has 0 bridgehead atoms. The van der Waals surface area contributed by atoms with Gasteiger partial charge >= 0.3 is 6.03 Å². The van der Waals surface area contributed by atoms with Crippen LogP contribution in [0, 0.1) is 11.8 Å². The smallest absolute Gasteiger partial charge is 0.320 e. The van der Waals surface area contributed by atoms with Crippen molar-refractivity contribution in [2.75, 3.05) is 59.6 Å². The van der Waals surface area contributed by atoms with E-state index in [1.54, 1.807) is 7.11 Å². The third-order valence-electron chi connectivity index (χ3n) is 8.74. The van der Waals surface area contributed by atoms with E-state index in [-0.39, 0.29) is 17.9 Å². The summed E-state index contributed by atoms with van der Waals surface area (Å²) in [6.07, 6.45) is 6.90. The number of hydrogen-bond acceptors (Lipinski definition) is 5. The van der Waals surface area contributed by atoms with Crippen LogP contribution in [-0.4, -0.2) is 92.3 Å². The monoisotopic (exact) mass is 508 g/mol. The highest BCUT2D eigenvalue weighted by Crippen LogP contribution is 2.35. The fourth-order valence-electron chi connectivity index (χ4n) is 6.23. The van der Waals surface area contributed by atoms with Crippen LogP contribution >= 0.6 is 0 Å². The molecule has 37 heavy (non-hydrogen) atoms. The summed E-state index contributed by atoms with van der Waals surface area (Å²) in [6.45, 7) is 12.7. The van der Waals surface area contributed by atoms with Gasteiger partial charge in [0.15, 0.2) is 5.90 Å². The summed E-state index contributed by atoms with van der Waals surface area (Å²) in [4.78, 5) is 25.1. The molecule has 1 aromatic carbocycles. The summed E-state index contributed by atoms with van der Waals surface area (Å²) < 4.78 is 11.4. The van der Waals surface area contributed by atoms with Crippen LogP contribution in [0.3, 0.4) is 0 Å². The number of ether oxygens (including phenoxy) is 2. The average molecular weight is 509 g/mol. The molecule has 1 aromatic rings. The quantitative estimate of drug-likeness (QED) is 0.418. The van der Waals surface area contributed by atoms with Gasteiger partial charge in [-0.25, -0.2) is 9.79 Å². The molecular formula is C30H44N4O3. The van der Waals surface area contributed by atoms with Crippen LogP contribution < -0.4 is 0 Å². The Morgan fingerprint density at radius 1 is 1.00 bits per heavy atom. The topological polar surface area (TPSA) is 57.6 Å². The Hall–Kier alpha value is -2.38. The molecule has 4 fully saturated rings. The fraction of sp³-hybridized carbons (Fsp3) is 0.667. The lowest BCUT2D eigenvalue weighted by Crippen LogP contribution is -2.53. The van der Waals surface area contributed by atoms with E-state index in [9.17, 15) is 4.79 Å². The third kappa shape index (κ3) is 6.37. The maximum absolute atomic E-state index is 13.5. The maximum Gasteiger partial charge on any atom is 0.320 e. The minimum Gasteiger partial charge on any atom is -0.484 e. The number of aliphatic imine (C=N–C) groups is 1. The molecule has 1 saturated carbocycles. The molecular weight excluding hydrogens is 464 g/mol. The van der Waals surface area contributed by atoms with Crippen molar-refractivity contribution in [2.45, 2.75) is 57.4 Å². The first-order valence-electron chi connectivity index (χ1n) is 14.3. The van der Waals surface area contributed by atoms with Crippen LogP contribution in [0.2, 0.25) is 0 Å². The van der Waals surface area contributed by atoms with Gasteiger partial charge in [0.1, 0.15) is 0 Å². The van der Waals surface area contributed by atoms with Crippen molar-refractivity contribution in [3.8, 4) is 0 Å². The summed E-state index contributed by atoms with van der Waals surface area (Å²) in [6, 6.07) is 9.83. The number of rotatable bonds is 6. The molecule has 5 rings (SSSR count). The SMILES string of the molecule is C=C(N=C(OC)C1CC(c2ccc(CC)cc2)CN(C(=O)N2CCOCC2)C1)C1CCN(C2CC2)CC1. The largest absolute Gasteiger partial charge is 0.484 e. The molecule has 4 aliphatic rings. The predicted molar refractivity (Wildman–Crippen MR) is 147 cm³/mol. The van der Waals surface area contributed by atoms with E-state index in [2.05, 4.69) is 42.7 Å². The molecule has 2 atom stereocenters. The predicted octanol–water partition coefficient (Wildman–Crippen LogP) is 4.54. The van der Waals surface area contributed by atoms with Crippen molar-refractivity contribution in [1.82, 2.24) is 14.7 Å². The first-order chi connectivity index (χ1) is 18.1. The number of carbonyl (C=O) groups excluding carboxylic acids is 1. The van der Waals surface area contributed by atoms with Crippen LogP contribution in [0.1, 0.15) is 56.1 Å². The highest BCUT2D eigenvalue weighted by Gasteiger charge is 2.37. The summed E-state index contributed by atoms with van der Waals surface area (Å²) in [5.41, 5.74) is 3.55. The van der Waals surface area contributed by atoms with E-state index >= 15 is 0 Å². The van der Waals surface area contributed by atoms with Gasteiger partial charge in [0.05, 0.1) is 26.2 Å². The van der Waals surface area contributed by atoms with Gasteiger partial charge in [-0.05, 0) is 62.7 Å². The number of morpholine rings is 1. The molecule has 0 aromatic heterocycles. The Labute approximate surface area is 222 Å². The molecule has 0 radical (unpaired) electrons. The van der Waals surface area contributed by atoms with E-state index in [0.29, 0.717) is 38.8 Å². The van der Waals surface area contributed by atoms with Gasteiger partial charge in [0, 0.05) is 49.8 Å². The summed E-state index contributed by atoms with van der Waals surface area (Å²) in [7, 11) is 1.72. The van der Waals surface area contributed by atoms with Crippen LogP contribution in [0.15, 0.2) is 41.5 Å². The van der Waals surface area contributed by atoms with E-state index in [4.69, 9.17) is 14.5 Å². The molecule has 1 aliphatic carbocycles. The standard InChI is InChI=1S/C30H44N4O3/c1-4-23-5-7-25(8-6-23)26-19-27(21-34(20-26)30(35)33-15-17-37-18-16-33)29(36-3)31-22(2)24-11-13-32(14-12-24)28-9-10-28/h5-8,24,26-28H,2,4,9-21H2,1,3H3. The van der Waals surface area contributed by atoms with Crippen molar-refractivity contribution in [1.29, 1.82) is 0 Å². The number of hydrogen-bond donors (Lipinski definition) is 0. The van der Waals surface area contributed by atoms with Gasteiger partial charge in [-0.3, -0.25) is 0 Å². The molecule has 2 amide bonds. The van der Waals surface area contributed by atoms with Gasteiger partial charge in [-0.1, -0.05) is 37.8 Å². The van der Waals surface area contributed by atoms with Crippen molar-refractivity contribution in [3.63, 3.8) is 0 Å². The normalized spacial score (nSPS) is 26.3. The Morgan fingerprint density at radius 3 is 2.32 bits per heavy atom. The van der Waals surface area contributed by atoms with Crippen LogP contribution in [0.5, 0.6) is 0 Å². The lowest BCUT2D eigenvalue weighted by molar-refractivity contribution is 0.0391. The van der Waals surface area contributed by atoms with Crippen molar-refractivity contribution in [3.05, 3.63) is 47.7 Å².